The average molecular weight is 211 g/mol. The predicted octanol–water partition coefficient (Wildman–Crippen LogP) is 1.76. The fourth-order valence-electron chi connectivity index (χ4n) is 1.96. The third-order valence-corrected chi connectivity index (χ3v) is 2.91. The molecule has 2 atom stereocenters. The van der Waals surface area contributed by atoms with E-state index in [-0.39, 0.29) is 18.1 Å². The number of hydrogen-bond donors (Lipinski definition) is 2. The van der Waals surface area contributed by atoms with E-state index in [1.165, 1.54) is 0 Å². The van der Waals surface area contributed by atoms with Crippen molar-refractivity contribution >= 4 is 5.91 Å². The molecular weight excluding hydrogens is 190 g/mol. The van der Waals surface area contributed by atoms with Crippen molar-refractivity contribution < 1.29 is 9.90 Å². The Labute approximate surface area is 91.6 Å². The largest absolute Gasteiger partial charge is 0.391 e. The van der Waals surface area contributed by atoms with Crippen molar-refractivity contribution in [1.82, 2.24) is 5.32 Å². The van der Waals surface area contributed by atoms with Crippen LogP contribution in [0.15, 0.2) is 11.6 Å². The summed E-state index contributed by atoms with van der Waals surface area (Å²) >= 11 is 0. The molecule has 0 bridgehead atoms. The summed E-state index contributed by atoms with van der Waals surface area (Å²) in [6, 6.07) is -0.0496. The molecule has 1 rings (SSSR count). The normalized spacial score (nSPS) is 27.5. The minimum absolute atomic E-state index is 0.0391. The molecule has 0 heterocycles. The molecule has 3 nitrogen and oxygen atoms in total. The Bertz CT molecular complexity index is 248. The van der Waals surface area contributed by atoms with E-state index in [1.807, 2.05) is 19.9 Å². The van der Waals surface area contributed by atoms with Gasteiger partial charge in [0.15, 0.2) is 0 Å². The van der Waals surface area contributed by atoms with E-state index in [4.69, 9.17) is 0 Å². The standard InChI is InChI=1S/C12H21NO2/c1-3-6-9(2)12(15)13-10-7-4-5-8-11(10)14/h6,10-11,14H,3-5,7-8H2,1-2H3,(H,13,15). The molecule has 15 heavy (non-hydrogen) atoms. The number of aliphatic hydroxyl groups is 1. The molecule has 3 heteroatoms. The van der Waals surface area contributed by atoms with Crippen molar-refractivity contribution in [2.75, 3.05) is 0 Å². The Hall–Kier alpha value is -0.830. The Morgan fingerprint density at radius 2 is 2.13 bits per heavy atom. The molecule has 0 aliphatic heterocycles. The van der Waals surface area contributed by atoms with Gasteiger partial charge < -0.3 is 10.4 Å². The molecule has 1 fully saturated rings. The first-order valence-electron chi connectivity index (χ1n) is 5.80. The van der Waals surface area contributed by atoms with Crippen LogP contribution in [0.5, 0.6) is 0 Å². The zero-order valence-corrected chi connectivity index (χ0v) is 9.62. The van der Waals surface area contributed by atoms with Crippen LogP contribution in [0.4, 0.5) is 0 Å². The van der Waals surface area contributed by atoms with Crippen LogP contribution in [0, 0.1) is 0 Å². The highest BCUT2D eigenvalue weighted by atomic mass is 16.3. The van der Waals surface area contributed by atoms with Gasteiger partial charge in [0, 0.05) is 5.57 Å². The van der Waals surface area contributed by atoms with Gasteiger partial charge in [-0.15, -0.1) is 0 Å². The lowest BCUT2D eigenvalue weighted by Crippen LogP contribution is -2.45. The molecule has 0 aromatic carbocycles. The molecule has 2 N–H and O–H groups in total. The third kappa shape index (κ3) is 3.67. The summed E-state index contributed by atoms with van der Waals surface area (Å²) in [5.74, 6) is -0.0391. The maximum atomic E-state index is 11.7. The van der Waals surface area contributed by atoms with Gasteiger partial charge in [-0.1, -0.05) is 25.8 Å². The van der Waals surface area contributed by atoms with Gasteiger partial charge in [-0.3, -0.25) is 4.79 Å². The predicted molar refractivity (Wildman–Crippen MR) is 60.5 cm³/mol. The molecule has 1 saturated carbocycles. The van der Waals surface area contributed by atoms with Crippen molar-refractivity contribution in [3.05, 3.63) is 11.6 Å². The number of carbonyl (C=O) groups is 1. The minimum atomic E-state index is -0.364. The summed E-state index contributed by atoms with van der Waals surface area (Å²) in [5.41, 5.74) is 0.746. The quantitative estimate of drug-likeness (QED) is 0.699. The Kier molecular flexibility index (Phi) is 4.82. The second kappa shape index (κ2) is 5.91. The molecular formula is C12H21NO2. The molecule has 0 aromatic heterocycles. The van der Waals surface area contributed by atoms with Gasteiger partial charge >= 0.3 is 0 Å². The second-order valence-corrected chi connectivity index (χ2v) is 4.23. The van der Waals surface area contributed by atoms with E-state index in [2.05, 4.69) is 5.32 Å². The molecule has 0 saturated heterocycles. The average Bonchev–Trinajstić information content (AvgIpc) is 2.21. The fraction of sp³-hybridized carbons (Fsp3) is 0.750. The van der Waals surface area contributed by atoms with Gasteiger partial charge in [-0.2, -0.15) is 0 Å². The van der Waals surface area contributed by atoms with Gasteiger partial charge in [-0.25, -0.2) is 0 Å². The molecule has 0 aromatic rings. The SMILES string of the molecule is CCC=C(C)C(=O)NC1CCCCC1O. The summed E-state index contributed by atoms with van der Waals surface area (Å²) in [7, 11) is 0. The van der Waals surface area contributed by atoms with E-state index in [0.717, 1.165) is 37.7 Å². The highest BCUT2D eigenvalue weighted by Gasteiger charge is 2.24. The van der Waals surface area contributed by atoms with Crippen molar-refractivity contribution in [3.63, 3.8) is 0 Å². The van der Waals surface area contributed by atoms with Gasteiger partial charge in [0.05, 0.1) is 12.1 Å². The maximum absolute atomic E-state index is 11.7. The van der Waals surface area contributed by atoms with E-state index < -0.39 is 0 Å². The van der Waals surface area contributed by atoms with E-state index in [0.29, 0.717) is 0 Å². The van der Waals surface area contributed by atoms with Crippen molar-refractivity contribution in [2.45, 2.75) is 58.1 Å². The summed E-state index contributed by atoms with van der Waals surface area (Å²) in [6.07, 6.45) is 6.28. The summed E-state index contributed by atoms with van der Waals surface area (Å²) in [6.45, 7) is 3.82. The van der Waals surface area contributed by atoms with Gasteiger partial charge in [0.1, 0.15) is 0 Å². The Morgan fingerprint density at radius 1 is 1.47 bits per heavy atom. The molecule has 0 spiro atoms. The Balaban J connectivity index is 2.46. The van der Waals surface area contributed by atoms with Crippen molar-refractivity contribution in [1.29, 1.82) is 0 Å². The highest BCUT2D eigenvalue weighted by molar-refractivity contribution is 5.92. The van der Waals surface area contributed by atoms with E-state index in [9.17, 15) is 9.90 Å². The van der Waals surface area contributed by atoms with Crippen LogP contribution in [0.2, 0.25) is 0 Å². The molecule has 0 radical (unpaired) electrons. The summed E-state index contributed by atoms with van der Waals surface area (Å²) in [5, 5.41) is 12.6. The number of hydrogen-bond acceptors (Lipinski definition) is 2. The van der Waals surface area contributed by atoms with Gasteiger partial charge in [-0.05, 0) is 26.2 Å². The highest BCUT2D eigenvalue weighted by Crippen LogP contribution is 2.18. The zero-order valence-electron chi connectivity index (χ0n) is 9.62. The number of nitrogens with one attached hydrogen (secondary N) is 1. The number of allylic oxidation sites excluding steroid dienone is 1. The first-order chi connectivity index (χ1) is 7.15. The van der Waals surface area contributed by atoms with Crippen LogP contribution in [-0.2, 0) is 4.79 Å². The monoisotopic (exact) mass is 211 g/mol. The van der Waals surface area contributed by atoms with Crippen molar-refractivity contribution in [3.8, 4) is 0 Å². The van der Waals surface area contributed by atoms with Crippen molar-refractivity contribution in [2.24, 2.45) is 0 Å². The molecule has 1 aliphatic carbocycles. The van der Waals surface area contributed by atoms with Gasteiger partial charge in [0.25, 0.3) is 0 Å². The zero-order chi connectivity index (χ0) is 11.3. The Morgan fingerprint density at radius 3 is 2.73 bits per heavy atom. The topological polar surface area (TPSA) is 49.3 Å². The first kappa shape index (κ1) is 12.2. The lowest BCUT2D eigenvalue weighted by Gasteiger charge is -2.28. The van der Waals surface area contributed by atoms with Crippen LogP contribution >= 0.6 is 0 Å². The van der Waals surface area contributed by atoms with Crippen LogP contribution in [-0.4, -0.2) is 23.2 Å². The lowest BCUT2D eigenvalue weighted by atomic mass is 9.92. The number of aliphatic hydroxyl groups excluding tert-OH is 1. The minimum Gasteiger partial charge on any atom is -0.391 e. The van der Waals surface area contributed by atoms with E-state index in [1.54, 1.807) is 0 Å². The molecule has 2 unspecified atom stereocenters. The molecule has 86 valence electrons. The third-order valence-electron chi connectivity index (χ3n) is 2.91. The summed E-state index contributed by atoms with van der Waals surface area (Å²) in [4.78, 5) is 11.7. The summed E-state index contributed by atoms with van der Waals surface area (Å²) < 4.78 is 0. The van der Waals surface area contributed by atoms with E-state index >= 15 is 0 Å². The fourth-order valence-corrected chi connectivity index (χ4v) is 1.96. The van der Waals surface area contributed by atoms with Gasteiger partial charge in [0.2, 0.25) is 5.91 Å². The molecule has 1 aliphatic rings. The maximum Gasteiger partial charge on any atom is 0.246 e. The lowest BCUT2D eigenvalue weighted by molar-refractivity contribution is -0.119. The second-order valence-electron chi connectivity index (χ2n) is 4.23. The number of carbonyl (C=O) groups excluding carboxylic acids is 1. The smallest absolute Gasteiger partial charge is 0.246 e. The molecule has 1 amide bonds. The first-order valence-corrected chi connectivity index (χ1v) is 5.80. The van der Waals surface area contributed by atoms with Crippen LogP contribution in [0.1, 0.15) is 46.0 Å². The van der Waals surface area contributed by atoms with Crippen LogP contribution in [0.3, 0.4) is 0 Å². The number of amides is 1. The van der Waals surface area contributed by atoms with Crippen LogP contribution < -0.4 is 5.32 Å². The number of rotatable bonds is 3. The van der Waals surface area contributed by atoms with Crippen LogP contribution in [0.25, 0.3) is 0 Å².